The molecule has 3 rings (SSSR count). The standard InChI is InChI=1S/C20H22FN9O2/c1-4-16(28-20(31)32)11(2)26-19-15(21)7-13(9-22)18(29-19)27-14-8-17(12(3)23-10-14)30-24-5-6-25-30/h5-8,10-11,16,28H,4H2,1-3H3,(H,31,32)(H2,26,27,29)/t11-,16+/m1/s1. The Morgan fingerprint density at radius 2 is 2.03 bits per heavy atom. The molecule has 0 aromatic carbocycles. The summed E-state index contributed by atoms with van der Waals surface area (Å²) < 4.78 is 14.6. The molecule has 32 heavy (non-hydrogen) atoms. The second-order valence-electron chi connectivity index (χ2n) is 7.00. The number of hydrogen-bond donors (Lipinski definition) is 4. The number of aryl methyl sites for hydroxylation is 1. The van der Waals surface area contributed by atoms with E-state index in [0.29, 0.717) is 23.5 Å². The lowest BCUT2D eigenvalue weighted by Gasteiger charge is -2.24. The van der Waals surface area contributed by atoms with Crippen LogP contribution in [0.4, 0.5) is 26.5 Å². The van der Waals surface area contributed by atoms with Gasteiger partial charge in [-0.3, -0.25) is 4.98 Å². The Bertz CT molecular complexity index is 1140. The van der Waals surface area contributed by atoms with Crippen molar-refractivity contribution in [2.45, 2.75) is 39.3 Å². The van der Waals surface area contributed by atoms with Gasteiger partial charge in [-0.25, -0.2) is 14.2 Å². The third-order valence-corrected chi connectivity index (χ3v) is 4.77. The minimum Gasteiger partial charge on any atom is -0.465 e. The van der Waals surface area contributed by atoms with Crippen LogP contribution in [0, 0.1) is 24.1 Å². The van der Waals surface area contributed by atoms with Crippen molar-refractivity contribution in [3.8, 4) is 11.8 Å². The predicted molar refractivity (Wildman–Crippen MR) is 114 cm³/mol. The van der Waals surface area contributed by atoms with E-state index in [1.54, 1.807) is 26.1 Å². The first-order valence-electron chi connectivity index (χ1n) is 9.79. The maximum Gasteiger partial charge on any atom is 0.404 e. The summed E-state index contributed by atoms with van der Waals surface area (Å²) >= 11 is 0. The van der Waals surface area contributed by atoms with E-state index in [2.05, 4.69) is 36.1 Å². The summed E-state index contributed by atoms with van der Waals surface area (Å²) in [7, 11) is 0. The Morgan fingerprint density at radius 3 is 2.66 bits per heavy atom. The first-order valence-corrected chi connectivity index (χ1v) is 9.79. The quantitative estimate of drug-likeness (QED) is 0.415. The largest absolute Gasteiger partial charge is 0.465 e. The monoisotopic (exact) mass is 439 g/mol. The molecule has 3 heterocycles. The lowest BCUT2D eigenvalue weighted by atomic mass is 10.1. The van der Waals surface area contributed by atoms with Gasteiger partial charge in [-0.1, -0.05) is 6.92 Å². The maximum atomic E-state index is 14.6. The smallest absolute Gasteiger partial charge is 0.404 e. The number of halogens is 1. The van der Waals surface area contributed by atoms with Gasteiger partial charge in [0.15, 0.2) is 17.5 Å². The topological polar surface area (TPSA) is 154 Å². The number of anilines is 3. The van der Waals surface area contributed by atoms with Crippen molar-refractivity contribution < 1.29 is 14.3 Å². The summed E-state index contributed by atoms with van der Waals surface area (Å²) in [5, 5.41) is 34.9. The van der Waals surface area contributed by atoms with E-state index >= 15 is 0 Å². The summed E-state index contributed by atoms with van der Waals surface area (Å²) in [6.07, 6.45) is 3.94. The molecule has 0 aliphatic rings. The fourth-order valence-corrected chi connectivity index (χ4v) is 3.10. The number of nitriles is 1. The van der Waals surface area contributed by atoms with Crippen LogP contribution >= 0.6 is 0 Å². The fraction of sp³-hybridized carbons (Fsp3) is 0.300. The normalized spacial score (nSPS) is 12.5. The third kappa shape index (κ3) is 5.07. The van der Waals surface area contributed by atoms with Crippen LogP contribution in [0.25, 0.3) is 5.69 Å². The average Bonchev–Trinajstić information content (AvgIpc) is 3.29. The van der Waals surface area contributed by atoms with Gasteiger partial charge in [0.1, 0.15) is 11.8 Å². The molecule has 3 aromatic rings. The van der Waals surface area contributed by atoms with Crippen molar-refractivity contribution in [1.82, 2.24) is 30.3 Å². The average molecular weight is 439 g/mol. The molecular formula is C20H22FN9O2. The first kappa shape index (κ1) is 22.4. The van der Waals surface area contributed by atoms with Crippen molar-refractivity contribution in [3.05, 3.63) is 47.8 Å². The first-order chi connectivity index (χ1) is 15.3. The Labute approximate surface area is 183 Å². The van der Waals surface area contributed by atoms with Gasteiger partial charge in [0.2, 0.25) is 0 Å². The Hall–Kier alpha value is -4.27. The summed E-state index contributed by atoms with van der Waals surface area (Å²) in [5.74, 6) is -0.723. The van der Waals surface area contributed by atoms with Crippen LogP contribution in [-0.2, 0) is 0 Å². The van der Waals surface area contributed by atoms with Gasteiger partial charge in [0, 0.05) is 6.04 Å². The molecule has 0 radical (unpaired) electrons. The van der Waals surface area contributed by atoms with Crippen LogP contribution in [-0.4, -0.2) is 48.2 Å². The minimum atomic E-state index is -1.17. The second-order valence-corrected chi connectivity index (χ2v) is 7.00. The Morgan fingerprint density at radius 1 is 1.31 bits per heavy atom. The maximum absolute atomic E-state index is 14.6. The summed E-state index contributed by atoms with van der Waals surface area (Å²) in [4.78, 5) is 20.9. The number of carboxylic acid groups (broad SMARTS) is 1. The van der Waals surface area contributed by atoms with Gasteiger partial charge in [-0.05, 0) is 32.4 Å². The zero-order valence-electron chi connectivity index (χ0n) is 17.7. The highest BCUT2D eigenvalue weighted by atomic mass is 19.1. The Kier molecular flexibility index (Phi) is 6.79. The van der Waals surface area contributed by atoms with Crippen LogP contribution in [0.5, 0.6) is 0 Å². The molecule has 2 atom stereocenters. The van der Waals surface area contributed by atoms with E-state index in [-0.39, 0.29) is 17.2 Å². The van der Waals surface area contributed by atoms with E-state index in [9.17, 15) is 14.4 Å². The van der Waals surface area contributed by atoms with Gasteiger partial charge in [-0.15, -0.1) is 4.80 Å². The van der Waals surface area contributed by atoms with E-state index in [4.69, 9.17) is 5.11 Å². The van der Waals surface area contributed by atoms with E-state index < -0.39 is 24.0 Å². The van der Waals surface area contributed by atoms with E-state index in [1.807, 2.05) is 13.0 Å². The van der Waals surface area contributed by atoms with Crippen molar-refractivity contribution in [3.63, 3.8) is 0 Å². The molecule has 0 saturated carbocycles. The van der Waals surface area contributed by atoms with E-state index in [0.717, 1.165) is 6.07 Å². The molecule has 166 valence electrons. The number of nitrogens with zero attached hydrogens (tertiary/aromatic N) is 6. The van der Waals surface area contributed by atoms with Crippen LogP contribution < -0.4 is 16.0 Å². The number of amides is 1. The summed E-state index contributed by atoms with van der Waals surface area (Å²) in [5.41, 5.74) is 1.80. The SMILES string of the molecule is CC[C@H](NC(=O)O)[C@@H](C)Nc1nc(Nc2cnc(C)c(-n3nccn3)c2)c(C#N)cc1F. The highest BCUT2D eigenvalue weighted by Crippen LogP contribution is 2.25. The fourth-order valence-electron chi connectivity index (χ4n) is 3.10. The highest BCUT2D eigenvalue weighted by Gasteiger charge is 2.21. The third-order valence-electron chi connectivity index (χ3n) is 4.77. The van der Waals surface area contributed by atoms with Crippen molar-refractivity contribution in [2.24, 2.45) is 0 Å². The second kappa shape index (κ2) is 9.69. The van der Waals surface area contributed by atoms with Crippen LogP contribution in [0.3, 0.4) is 0 Å². The lowest BCUT2D eigenvalue weighted by molar-refractivity contribution is 0.188. The van der Waals surface area contributed by atoms with Gasteiger partial charge < -0.3 is 21.1 Å². The van der Waals surface area contributed by atoms with Crippen LogP contribution in [0.2, 0.25) is 0 Å². The number of hydrogen-bond acceptors (Lipinski definition) is 8. The molecule has 0 spiro atoms. The number of carbonyl (C=O) groups is 1. The highest BCUT2D eigenvalue weighted by molar-refractivity contribution is 5.67. The number of pyridine rings is 2. The van der Waals surface area contributed by atoms with Gasteiger partial charge in [0.25, 0.3) is 0 Å². The molecule has 4 N–H and O–H groups in total. The molecule has 0 unspecified atom stereocenters. The number of nitrogens with one attached hydrogen (secondary N) is 3. The molecule has 0 saturated heterocycles. The van der Waals surface area contributed by atoms with Crippen LogP contribution in [0.15, 0.2) is 30.7 Å². The predicted octanol–water partition coefficient (Wildman–Crippen LogP) is 2.97. The minimum absolute atomic E-state index is 0.00394. The van der Waals surface area contributed by atoms with Gasteiger partial charge >= 0.3 is 6.09 Å². The zero-order valence-corrected chi connectivity index (χ0v) is 17.7. The number of aromatic nitrogens is 5. The molecule has 0 fully saturated rings. The summed E-state index contributed by atoms with van der Waals surface area (Å²) in [6, 6.07) is 3.78. The van der Waals surface area contributed by atoms with Crippen LogP contribution in [0.1, 0.15) is 31.5 Å². The van der Waals surface area contributed by atoms with Gasteiger partial charge in [-0.2, -0.15) is 15.5 Å². The molecule has 0 aliphatic carbocycles. The van der Waals surface area contributed by atoms with E-state index in [1.165, 1.54) is 17.2 Å². The van der Waals surface area contributed by atoms with Crippen molar-refractivity contribution >= 4 is 23.4 Å². The molecule has 0 bridgehead atoms. The molecule has 0 aliphatic heterocycles. The molecular weight excluding hydrogens is 417 g/mol. The summed E-state index contributed by atoms with van der Waals surface area (Å²) in [6.45, 7) is 5.33. The molecule has 1 amide bonds. The molecule has 11 nitrogen and oxygen atoms in total. The lowest BCUT2D eigenvalue weighted by Crippen LogP contribution is -2.44. The molecule has 12 heteroatoms. The molecule has 3 aromatic heterocycles. The van der Waals surface area contributed by atoms with Crippen molar-refractivity contribution in [2.75, 3.05) is 10.6 Å². The van der Waals surface area contributed by atoms with Gasteiger partial charge in [0.05, 0.1) is 41.6 Å². The number of rotatable bonds is 8. The Balaban J connectivity index is 1.90. The zero-order chi connectivity index (χ0) is 23.3. The van der Waals surface area contributed by atoms with Crippen molar-refractivity contribution in [1.29, 1.82) is 5.26 Å².